The molecule has 3 aromatic rings. The van der Waals surface area contributed by atoms with E-state index in [0.29, 0.717) is 17.4 Å². The number of halogens is 2. The van der Waals surface area contributed by atoms with Crippen molar-refractivity contribution < 1.29 is 0 Å². The Morgan fingerprint density at radius 1 is 1.11 bits per heavy atom. The molecule has 19 heavy (non-hydrogen) atoms. The Morgan fingerprint density at radius 2 is 1.89 bits per heavy atom. The number of benzene rings is 1. The molecule has 0 saturated carbocycles. The molecule has 2 aromatic heterocycles. The summed E-state index contributed by atoms with van der Waals surface area (Å²) in [6, 6.07) is 9.65. The number of imidazole rings is 1. The second-order valence-corrected chi connectivity index (χ2v) is 4.89. The smallest absolute Gasteiger partial charge is 0.125 e. The van der Waals surface area contributed by atoms with Crippen molar-refractivity contribution in [3.63, 3.8) is 0 Å². The van der Waals surface area contributed by atoms with Crippen LogP contribution >= 0.6 is 23.2 Å². The Hall–Kier alpha value is -1.58. The molecular weight excluding hydrogens is 281 g/mol. The number of alkyl halides is 1. The summed E-state index contributed by atoms with van der Waals surface area (Å²) < 4.78 is 2.06. The van der Waals surface area contributed by atoms with Crippen molar-refractivity contribution in [3.8, 4) is 0 Å². The zero-order valence-corrected chi connectivity index (χ0v) is 11.6. The van der Waals surface area contributed by atoms with Gasteiger partial charge in [-0.15, -0.1) is 11.6 Å². The van der Waals surface area contributed by atoms with Crippen LogP contribution in [-0.4, -0.2) is 14.5 Å². The van der Waals surface area contributed by atoms with Gasteiger partial charge in [0.05, 0.1) is 21.9 Å². The molecule has 0 amide bonds. The van der Waals surface area contributed by atoms with Crippen LogP contribution in [-0.2, 0) is 12.4 Å². The molecule has 0 N–H and O–H groups in total. The lowest BCUT2D eigenvalue weighted by Crippen LogP contribution is -2.04. The standard InChI is InChI=1S/C14H11Cl2N3/c15-8-13-18-12-3-1-2-11(16)14(12)19(13)9-10-4-6-17-7-5-10/h1-7H,8-9H2. The topological polar surface area (TPSA) is 30.7 Å². The van der Waals surface area contributed by atoms with Crippen LogP contribution in [0.15, 0.2) is 42.7 Å². The molecule has 0 bridgehead atoms. The third-order valence-corrected chi connectivity index (χ3v) is 3.55. The van der Waals surface area contributed by atoms with Crippen LogP contribution in [0.1, 0.15) is 11.4 Å². The Morgan fingerprint density at radius 3 is 2.63 bits per heavy atom. The fourth-order valence-corrected chi connectivity index (χ4v) is 2.61. The van der Waals surface area contributed by atoms with Crippen molar-refractivity contribution in [1.29, 1.82) is 0 Å². The first-order valence-electron chi connectivity index (χ1n) is 5.88. The van der Waals surface area contributed by atoms with E-state index in [1.807, 2.05) is 30.3 Å². The third kappa shape index (κ3) is 2.31. The van der Waals surface area contributed by atoms with E-state index in [-0.39, 0.29) is 0 Å². The lowest BCUT2D eigenvalue weighted by molar-refractivity contribution is 0.777. The maximum Gasteiger partial charge on any atom is 0.125 e. The summed E-state index contributed by atoms with van der Waals surface area (Å²) in [6.07, 6.45) is 3.55. The third-order valence-electron chi connectivity index (χ3n) is 3.01. The lowest BCUT2D eigenvalue weighted by Gasteiger charge is -2.08. The molecule has 0 unspecified atom stereocenters. The summed E-state index contributed by atoms with van der Waals surface area (Å²) in [5, 5.41) is 0.690. The van der Waals surface area contributed by atoms with Gasteiger partial charge in [0.2, 0.25) is 0 Å². The molecule has 0 fully saturated rings. The van der Waals surface area contributed by atoms with Crippen LogP contribution < -0.4 is 0 Å². The molecular formula is C14H11Cl2N3. The van der Waals surface area contributed by atoms with E-state index in [1.54, 1.807) is 12.4 Å². The van der Waals surface area contributed by atoms with E-state index in [0.717, 1.165) is 22.4 Å². The Balaban J connectivity index is 2.16. The largest absolute Gasteiger partial charge is 0.321 e. The molecule has 2 heterocycles. The first-order chi connectivity index (χ1) is 9.29. The highest BCUT2D eigenvalue weighted by molar-refractivity contribution is 6.35. The van der Waals surface area contributed by atoms with Gasteiger partial charge in [-0.05, 0) is 29.8 Å². The van der Waals surface area contributed by atoms with Gasteiger partial charge < -0.3 is 4.57 Å². The number of para-hydroxylation sites is 1. The molecule has 1 aromatic carbocycles. The summed E-state index contributed by atoms with van der Waals surface area (Å²) in [6.45, 7) is 0.685. The minimum absolute atomic E-state index is 0.357. The summed E-state index contributed by atoms with van der Waals surface area (Å²) in [5.41, 5.74) is 2.94. The van der Waals surface area contributed by atoms with E-state index in [9.17, 15) is 0 Å². The SMILES string of the molecule is ClCc1nc2cccc(Cl)c2n1Cc1ccncc1. The van der Waals surface area contributed by atoms with Crippen molar-refractivity contribution in [1.82, 2.24) is 14.5 Å². The van der Waals surface area contributed by atoms with Gasteiger partial charge in [0.25, 0.3) is 0 Å². The molecule has 0 aliphatic carbocycles. The van der Waals surface area contributed by atoms with Gasteiger partial charge in [0.15, 0.2) is 0 Å². The van der Waals surface area contributed by atoms with E-state index in [4.69, 9.17) is 23.2 Å². The van der Waals surface area contributed by atoms with Crippen LogP contribution in [0.2, 0.25) is 5.02 Å². The number of aromatic nitrogens is 3. The zero-order chi connectivity index (χ0) is 13.2. The highest BCUT2D eigenvalue weighted by Crippen LogP contribution is 2.26. The van der Waals surface area contributed by atoms with Crippen LogP contribution in [0.25, 0.3) is 11.0 Å². The van der Waals surface area contributed by atoms with Crippen molar-refractivity contribution in [2.75, 3.05) is 0 Å². The lowest BCUT2D eigenvalue weighted by atomic mass is 10.2. The predicted molar refractivity (Wildman–Crippen MR) is 77.6 cm³/mol. The van der Waals surface area contributed by atoms with Gasteiger partial charge >= 0.3 is 0 Å². The van der Waals surface area contributed by atoms with Gasteiger partial charge in [-0.1, -0.05) is 17.7 Å². The Bertz CT molecular complexity index is 707. The molecule has 0 spiro atoms. The fourth-order valence-electron chi connectivity index (χ4n) is 2.13. The number of fused-ring (bicyclic) bond motifs is 1. The number of nitrogens with zero attached hydrogens (tertiary/aromatic N) is 3. The Labute approximate surface area is 120 Å². The van der Waals surface area contributed by atoms with Gasteiger partial charge in [-0.3, -0.25) is 4.98 Å². The van der Waals surface area contributed by atoms with E-state index < -0.39 is 0 Å². The molecule has 5 heteroatoms. The van der Waals surface area contributed by atoms with Crippen molar-refractivity contribution in [2.24, 2.45) is 0 Å². The van der Waals surface area contributed by atoms with E-state index in [1.165, 1.54) is 0 Å². The number of hydrogen-bond donors (Lipinski definition) is 0. The highest BCUT2D eigenvalue weighted by atomic mass is 35.5. The first kappa shape index (κ1) is 12.5. The average Bonchev–Trinajstić information content (AvgIpc) is 2.79. The van der Waals surface area contributed by atoms with Crippen molar-refractivity contribution >= 4 is 34.2 Å². The molecule has 3 nitrogen and oxygen atoms in total. The summed E-state index contributed by atoms with van der Waals surface area (Å²) in [5.74, 6) is 1.18. The summed E-state index contributed by atoms with van der Waals surface area (Å²) in [7, 11) is 0. The normalized spacial score (nSPS) is 11.1. The average molecular weight is 292 g/mol. The Kier molecular flexibility index (Phi) is 3.40. The molecule has 3 rings (SSSR count). The van der Waals surface area contributed by atoms with Crippen molar-refractivity contribution in [3.05, 3.63) is 59.1 Å². The van der Waals surface area contributed by atoms with Gasteiger partial charge in [-0.2, -0.15) is 0 Å². The predicted octanol–water partition coefficient (Wildman–Crippen LogP) is 3.87. The second-order valence-electron chi connectivity index (χ2n) is 4.21. The van der Waals surface area contributed by atoms with Crippen LogP contribution in [0, 0.1) is 0 Å². The second kappa shape index (κ2) is 5.19. The van der Waals surface area contributed by atoms with Gasteiger partial charge in [-0.25, -0.2) is 4.98 Å². The van der Waals surface area contributed by atoms with Crippen molar-refractivity contribution in [2.45, 2.75) is 12.4 Å². The molecule has 96 valence electrons. The maximum atomic E-state index is 6.28. The van der Waals surface area contributed by atoms with Gasteiger partial charge in [0.1, 0.15) is 5.82 Å². The quantitative estimate of drug-likeness (QED) is 0.686. The highest BCUT2D eigenvalue weighted by Gasteiger charge is 2.12. The van der Waals surface area contributed by atoms with Crippen LogP contribution in [0.4, 0.5) is 0 Å². The fraction of sp³-hybridized carbons (Fsp3) is 0.143. The van der Waals surface area contributed by atoms with E-state index in [2.05, 4.69) is 14.5 Å². The summed E-state index contributed by atoms with van der Waals surface area (Å²) in [4.78, 5) is 8.54. The number of pyridine rings is 1. The maximum absolute atomic E-state index is 6.28. The number of hydrogen-bond acceptors (Lipinski definition) is 2. The molecule has 0 saturated heterocycles. The molecule has 0 aliphatic rings. The monoisotopic (exact) mass is 291 g/mol. The minimum Gasteiger partial charge on any atom is -0.321 e. The first-order valence-corrected chi connectivity index (χ1v) is 6.79. The van der Waals surface area contributed by atoms with Gasteiger partial charge in [0, 0.05) is 18.9 Å². The van der Waals surface area contributed by atoms with E-state index >= 15 is 0 Å². The molecule has 0 aliphatic heterocycles. The molecule has 0 atom stereocenters. The minimum atomic E-state index is 0.357. The van der Waals surface area contributed by atoms with Crippen LogP contribution in [0.5, 0.6) is 0 Å². The van der Waals surface area contributed by atoms with Crippen LogP contribution in [0.3, 0.4) is 0 Å². The number of rotatable bonds is 3. The molecule has 0 radical (unpaired) electrons. The zero-order valence-electron chi connectivity index (χ0n) is 10.1. The summed E-state index contributed by atoms with van der Waals surface area (Å²) >= 11 is 12.3.